The molecular formula is C16H30N4O. The predicted octanol–water partition coefficient (Wildman–Crippen LogP) is 2.36. The van der Waals surface area contributed by atoms with Gasteiger partial charge in [-0.3, -0.25) is 0 Å². The molecule has 1 aliphatic carbocycles. The van der Waals surface area contributed by atoms with Crippen LogP contribution >= 0.6 is 0 Å². The average molecular weight is 294 g/mol. The summed E-state index contributed by atoms with van der Waals surface area (Å²) in [5, 5.41) is 20.6. The van der Waals surface area contributed by atoms with Gasteiger partial charge in [-0.05, 0) is 37.0 Å². The molecule has 5 nitrogen and oxygen atoms in total. The fraction of sp³-hybridized carbons (Fsp3) is 0.875. The number of aliphatic hydroxyl groups is 1. The van der Waals surface area contributed by atoms with Crippen LogP contribution in [-0.2, 0) is 13.1 Å². The van der Waals surface area contributed by atoms with E-state index >= 15 is 0 Å². The number of aliphatic hydroxyl groups excluding tert-OH is 1. The maximum absolute atomic E-state index is 8.87. The molecule has 0 aliphatic heterocycles. The van der Waals surface area contributed by atoms with E-state index in [1.54, 1.807) is 4.68 Å². The van der Waals surface area contributed by atoms with Crippen molar-refractivity contribution in [1.82, 2.24) is 20.3 Å². The van der Waals surface area contributed by atoms with Crippen LogP contribution in [0.4, 0.5) is 0 Å². The Labute approximate surface area is 128 Å². The lowest BCUT2D eigenvalue weighted by Crippen LogP contribution is -2.36. The Morgan fingerprint density at radius 1 is 1.33 bits per heavy atom. The first-order valence-corrected chi connectivity index (χ1v) is 8.28. The van der Waals surface area contributed by atoms with Gasteiger partial charge < -0.3 is 10.4 Å². The number of nitrogens with zero attached hydrogens (tertiary/aromatic N) is 3. The lowest BCUT2D eigenvalue weighted by Gasteiger charge is -2.39. The largest absolute Gasteiger partial charge is 0.394 e. The molecule has 0 radical (unpaired) electrons. The van der Waals surface area contributed by atoms with Gasteiger partial charge in [0, 0.05) is 18.8 Å². The summed E-state index contributed by atoms with van der Waals surface area (Å²) < 4.78 is 1.69. The van der Waals surface area contributed by atoms with Gasteiger partial charge in [0.15, 0.2) is 0 Å². The van der Waals surface area contributed by atoms with Crippen LogP contribution < -0.4 is 5.32 Å². The third kappa shape index (κ3) is 4.51. The number of rotatable bonds is 7. The normalized spacial score (nSPS) is 23.4. The molecular weight excluding hydrogens is 264 g/mol. The zero-order valence-electron chi connectivity index (χ0n) is 13.7. The Kier molecular flexibility index (Phi) is 5.76. The summed E-state index contributed by atoms with van der Waals surface area (Å²) in [6, 6.07) is 0.608. The van der Waals surface area contributed by atoms with Gasteiger partial charge in [-0.1, -0.05) is 32.4 Å². The Balaban J connectivity index is 1.73. The van der Waals surface area contributed by atoms with E-state index in [4.69, 9.17) is 5.11 Å². The van der Waals surface area contributed by atoms with Gasteiger partial charge in [-0.2, -0.15) is 0 Å². The molecule has 21 heavy (non-hydrogen) atoms. The standard InChI is InChI=1S/C16H30N4O/c1-4-16(2,3)13-5-7-14(8-6-13)17-11-15-12-20(9-10-21)19-18-15/h12-14,17,21H,4-11H2,1-3H3. The van der Waals surface area contributed by atoms with Crippen LogP contribution in [0.5, 0.6) is 0 Å². The summed E-state index contributed by atoms with van der Waals surface area (Å²) in [4.78, 5) is 0. The molecule has 0 spiro atoms. The van der Waals surface area contributed by atoms with E-state index in [-0.39, 0.29) is 6.61 Å². The summed E-state index contributed by atoms with van der Waals surface area (Å²) in [6.07, 6.45) is 8.36. The summed E-state index contributed by atoms with van der Waals surface area (Å²) in [6.45, 7) is 8.52. The van der Waals surface area contributed by atoms with Gasteiger partial charge >= 0.3 is 0 Å². The second kappa shape index (κ2) is 7.36. The highest BCUT2D eigenvalue weighted by Gasteiger charge is 2.31. The van der Waals surface area contributed by atoms with Crippen molar-refractivity contribution in [2.45, 2.75) is 72.0 Å². The maximum Gasteiger partial charge on any atom is 0.0964 e. The van der Waals surface area contributed by atoms with Crippen molar-refractivity contribution in [3.05, 3.63) is 11.9 Å². The maximum atomic E-state index is 8.87. The lowest BCUT2D eigenvalue weighted by molar-refractivity contribution is 0.136. The molecule has 0 aromatic carbocycles. The summed E-state index contributed by atoms with van der Waals surface area (Å²) in [7, 11) is 0. The van der Waals surface area contributed by atoms with Crippen LogP contribution in [-0.4, -0.2) is 32.7 Å². The molecule has 5 heteroatoms. The molecule has 2 N–H and O–H groups in total. The van der Waals surface area contributed by atoms with Crippen LogP contribution in [0.2, 0.25) is 0 Å². The minimum atomic E-state index is 0.105. The highest BCUT2D eigenvalue weighted by atomic mass is 16.3. The molecule has 0 unspecified atom stereocenters. The van der Waals surface area contributed by atoms with E-state index in [2.05, 4.69) is 36.4 Å². The van der Waals surface area contributed by atoms with Crippen molar-refractivity contribution < 1.29 is 5.11 Å². The minimum absolute atomic E-state index is 0.105. The molecule has 1 aromatic heterocycles. The molecule has 1 aromatic rings. The quantitative estimate of drug-likeness (QED) is 0.810. The highest BCUT2D eigenvalue weighted by molar-refractivity contribution is 4.93. The predicted molar refractivity (Wildman–Crippen MR) is 83.8 cm³/mol. The van der Waals surface area contributed by atoms with Crippen molar-refractivity contribution in [3.63, 3.8) is 0 Å². The van der Waals surface area contributed by atoms with Crippen molar-refractivity contribution >= 4 is 0 Å². The fourth-order valence-electron chi connectivity index (χ4n) is 3.25. The summed E-state index contributed by atoms with van der Waals surface area (Å²) in [5.41, 5.74) is 1.44. The Hall–Kier alpha value is -0.940. The molecule has 120 valence electrons. The van der Waals surface area contributed by atoms with Gasteiger partial charge in [0.25, 0.3) is 0 Å². The molecule has 0 amide bonds. The van der Waals surface area contributed by atoms with Gasteiger partial charge in [-0.15, -0.1) is 5.10 Å². The van der Waals surface area contributed by atoms with E-state index in [1.807, 2.05) is 6.20 Å². The molecule has 0 saturated heterocycles. The number of nitrogens with one attached hydrogen (secondary N) is 1. The summed E-state index contributed by atoms with van der Waals surface area (Å²) >= 11 is 0. The third-order valence-corrected chi connectivity index (χ3v) is 5.23. The van der Waals surface area contributed by atoms with E-state index in [0.717, 1.165) is 18.2 Å². The minimum Gasteiger partial charge on any atom is -0.394 e. The van der Waals surface area contributed by atoms with Gasteiger partial charge in [0.05, 0.1) is 18.8 Å². The molecule has 0 bridgehead atoms. The zero-order valence-corrected chi connectivity index (χ0v) is 13.7. The molecule has 1 heterocycles. The van der Waals surface area contributed by atoms with Crippen molar-refractivity contribution in [1.29, 1.82) is 0 Å². The summed E-state index contributed by atoms with van der Waals surface area (Å²) in [5.74, 6) is 0.867. The Morgan fingerprint density at radius 3 is 2.67 bits per heavy atom. The van der Waals surface area contributed by atoms with Crippen LogP contribution in [0.3, 0.4) is 0 Å². The zero-order chi connectivity index (χ0) is 15.3. The second-order valence-electron chi connectivity index (χ2n) is 6.97. The average Bonchev–Trinajstić information content (AvgIpc) is 2.94. The molecule has 0 atom stereocenters. The number of hydrogen-bond acceptors (Lipinski definition) is 4. The fourth-order valence-corrected chi connectivity index (χ4v) is 3.25. The Bertz CT molecular complexity index is 422. The Morgan fingerprint density at radius 2 is 2.05 bits per heavy atom. The highest BCUT2D eigenvalue weighted by Crippen LogP contribution is 2.40. The van der Waals surface area contributed by atoms with Gasteiger partial charge in [0.2, 0.25) is 0 Å². The van der Waals surface area contributed by atoms with Crippen LogP contribution in [0.25, 0.3) is 0 Å². The van der Waals surface area contributed by atoms with Crippen molar-refractivity contribution in [2.24, 2.45) is 11.3 Å². The number of hydrogen-bond donors (Lipinski definition) is 2. The SMILES string of the molecule is CCC(C)(C)C1CCC(NCc2cn(CCO)nn2)CC1. The lowest BCUT2D eigenvalue weighted by atomic mass is 9.69. The van der Waals surface area contributed by atoms with E-state index < -0.39 is 0 Å². The number of aromatic nitrogens is 3. The first-order chi connectivity index (χ1) is 10.0. The van der Waals surface area contributed by atoms with Gasteiger partial charge in [-0.25, -0.2) is 4.68 Å². The first-order valence-electron chi connectivity index (χ1n) is 8.28. The molecule has 1 fully saturated rings. The molecule has 1 saturated carbocycles. The van der Waals surface area contributed by atoms with E-state index in [9.17, 15) is 0 Å². The monoisotopic (exact) mass is 294 g/mol. The van der Waals surface area contributed by atoms with Crippen LogP contribution in [0.1, 0.15) is 58.6 Å². The van der Waals surface area contributed by atoms with Crippen LogP contribution in [0, 0.1) is 11.3 Å². The first kappa shape index (κ1) is 16.4. The topological polar surface area (TPSA) is 63.0 Å². The molecule has 2 rings (SSSR count). The van der Waals surface area contributed by atoms with E-state index in [0.29, 0.717) is 18.0 Å². The smallest absolute Gasteiger partial charge is 0.0964 e. The van der Waals surface area contributed by atoms with E-state index in [1.165, 1.54) is 32.1 Å². The third-order valence-electron chi connectivity index (χ3n) is 5.23. The second-order valence-corrected chi connectivity index (χ2v) is 6.97. The van der Waals surface area contributed by atoms with Crippen LogP contribution in [0.15, 0.2) is 6.20 Å². The molecule has 1 aliphatic rings. The van der Waals surface area contributed by atoms with Crippen molar-refractivity contribution in [3.8, 4) is 0 Å². The van der Waals surface area contributed by atoms with Crippen molar-refractivity contribution in [2.75, 3.05) is 6.61 Å². The van der Waals surface area contributed by atoms with Gasteiger partial charge in [0.1, 0.15) is 0 Å².